The molecule has 0 aliphatic carbocycles. The second-order valence-corrected chi connectivity index (χ2v) is 4.31. The summed E-state index contributed by atoms with van der Waals surface area (Å²) in [4.78, 5) is 0. The van der Waals surface area contributed by atoms with Crippen LogP contribution in [0.2, 0.25) is 5.02 Å². The topological polar surface area (TPSA) is 12.0 Å². The van der Waals surface area contributed by atoms with Gasteiger partial charge in [-0.3, -0.25) is 0 Å². The number of halogens is 2. The summed E-state index contributed by atoms with van der Waals surface area (Å²) in [7, 11) is 0. The van der Waals surface area contributed by atoms with Crippen molar-refractivity contribution in [1.82, 2.24) is 0 Å². The second-order valence-electron chi connectivity index (χ2n) is 2.81. The normalized spacial score (nSPS) is 9.77. The van der Waals surface area contributed by atoms with E-state index in [4.69, 9.17) is 11.6 Å². The van der Waals surface area contributed by atoms with Crippen LogP contribution in [0.5, 0.6) is 0 Å². The van der Waals surface area contributed by atoms with Gasteiger partial charge in [0.2, 0.25) is 0 Å². The summed E-state index contributed by atoms with van der Waals surface area (Å²) in [5.74, 6) is 0. The third-order valence-electron chi connectivity index (χ3n) is 1.66. The zero-order valence-electron chi connectivity index (χ0n) is 7.40. The van der Waals surface area contributed by atoms with Crippen LogP contribution in [0.15, 0.2) is 29.3 Å². The predicted molar refractivity (Wildman–Crippen MR) is 62.7 cm³/mol. The molecule has 1 nitrogen and oxygen atoms in total. The van der Waals surface area contributed by atoms with Crippen molar-refractivity contribution in [2.24, 2.45) is 0 Å². The first kappa shape index (κ1) is 10.6. The molecule has 0 radical (unpaired) electrons. The lowest BCUT2D eigenvalue weighted by molar-refractivity contribution is 1.31. The van der Waals surface area contributed by atoms with Gasteiger partial charge >= 0.3 is 0 Å². The van der Waals surface area contributed by atoms with Crippen LogP contribution in [-0.2, 0) is 0 Å². The van der Waals surface area contributed by atoms with Crippen LogP contribution in [0.1, 0.15) is 5.56 Å². The third kappa shape index (κ3) is 3.05. The maximum absolute atomic E-state index is 6.07. The van der Waals surface area contributed by atoms with Gasteiger partial charge in [-0.1, -0.05) is 46.2 Å². The van der Waals surface area contributed by atoms with Crippen molar-refractivity contribution in [2.75, 3.05) is 11.9 Å². The maximum atomic E-state index is 6.07. The molecule has 0 heterocycles. The molecular formula is C10H11BrClN. The van der Waals surface area contributed by atoms with Crippen LogP contribution >= 0.6 is 27.5 Å². The number of anilines is 1. The molecule has 0 aliphatic heterocycles. The fourth-order valence-electron chi connectivity index (χ4n) is 0.975. The lowest BCUT2D eigenvalue weighted by Crippen LogP contribution is -2.01. The van der Waals surface area contributed by atoms with Crippen LogP contribution in [-0.4, -0.2) is 6.54 Å². The number of hydrogen-bond donors (Lipinski definition) is 1. The van der Waals surface area contributed by atoms with Crippen LogP contribution in [0.3, 0.4) is 0 Å². The smallest absolute Gasteiger partial charge is 0.0666 e. The van der Waals surface area contributed by atoms with E-state index in [1.165, 1.54) is 0 Å². The lowest BCUT2D eigenvalue weighted by Gasteiger charge is -2.08. The first-order chi connectivity index (χ1) is 6.11. The average Bonchev–Trinajstić information content (AvgIpc) is 2.07. The van der Waals surface area contributed by atoms with Gasteiger partial charge in [0.25, 0.3) is 0 Å². The number of hydrogen-bond acceptors (Lipinski definition) is 1. The molecular weight excluding hydrogens is 249 g/mol. The molecule has 1 rings (SSSR count). The van der Waals surface area contributed by atoms with E-state index >= 15 is 0 Å². The minimum Gasteiger partial charge on any atom is -0.379 e. The summed E-state index contributed by atoms with van der Waals surface area (Å²) >= 11 is 9.34. The highest BCUT2D eigenvalue weighted by Crippen LogP contribution is 2.25. The highest BCUT2D eigenvalue weighted by atomic mass is 79.9. The van der Waals surface area contributed by atoms with Crippen molar-refractivity contribution in [3.05, 3.63) is 39.8 Å². The highest BCUT2D eigenvalue weighted by Gasteiger charge is 2.01. The Kier molecular flexibility index (Phi) is 3.82. The fourth-order valence-corrected chi connectivity index (χ4v) is 1.31. The Labute approximate surface area is 91.9 Å². The summed E-state index contributed by atoms with van der Waals surface area (Å²) in [6, 6.07) is 5.91. The Morgan fingerprint density at radius 3 is 2.92 bits per heavy atom. The molecule has 0 aliphatic rings. The molecule has 70 valence electrons. The zero-order valence-corrected chi connectivity index (χ0v) is 9.74. The summed E-state index contributed by atoms with van der Waals surface area (Å²) in [6.45, 7) is 6.40. The molecule has 0 unspecified atom stereocenters. The summed E-state index contributed by atoms with van der Waals surface area (Å²) < 4.78 is 0.907. The molecule has 1 N–H and O–H groups in total. The second kappa shape index (κ2) is 4.68. The van der Waals surface area contributed by atoms with Gasteiger partial charge in [0.05, 0.1) is 10.7 Å². The van der Waals surface area contributed by atoms with E-state index in [1.54, 1.807) is 0 Å². The van der Waals surface area contributed by atoms with Gasteiger partial charge in [0, 0.05) is 11.0 Å². The van der Waals surface area contributed by atoms with Crippen LogP contribution in [0.25, 0.3) is 0 Å². The van der Waals surface area contributed by atoms with Crippen molar-refractivity contribution in [3.63, 3.8) is 0 Å². The maximum Gasteiger partial charge on any atom is 0.0666 e. The largest absolute Gasteiger partial charge is 0.379 e. The quantitative estimate of drug-likeness (QED) is 0.867. The van der Waals surface area contributed by atoms with Crippen LogP contribution < -0.4 is 5.32 Å². The van der Waals surface area contributed by atoms with E-state index < -0.39 is 0 Å². The van der Waals surface area contributed by atoms with Crippen molar-refractivity contribution in [1.29, 1.82) is 0 Å². The number of nitrogens with one attached hydrogen (secondary N) is 1. The Hall–Kier alpha value is -0.470. The van der Waals surface area contributed by atoms with Gasteiger partial charge in [0.1, 0.15) is 0 Å². The molecule has 0 aromatic heterocycles. The first-order valence-electron chi connectivity index (χ1n) is 3.93. The predicted octanol–water partition coefficient (Wildman–Crippen LogP) is 3.97. The van der Waals surface area contributed by atoms with E-state index in [9.17, 15) is 0 Å². The van der Waals surface area contributed by atoms with Gasteiger partial charge in [-0.25, -0.2) is 0 Å². The number of aryl methyl sites for hydroxylation is 1. The van der Waals surface area contributed by atoms with Crippen molar-refractivity contribution in [3.8, 4) is 0 Å². The Bertz CT molecular complexity index is 323. The molecule has 1 aromatic rings. The molecule has 1 aromatic carbocycles. The van der Waals surface area contributed by atoms with Gasteiger partial charge in [-0.2, -0.15) is 0 Å². The lowest BCUT2D eigenvalue weighted by atomic mass is 10.2. The van der Waals surface area contributed by atoms with Crippen molar-refractivity contribution in [2.45, 2.75) is 6.92 Å². The van der Waals surface area contributed by atoms with E-state index in [0.29, 0.717) is 6.54 Å². The molecule has 0 fully saturated rings. The van der Waals surface area contributed by atoms with E-state index in [1.807, 2.05) is 25.1 Å². The summed E-state index contributed by atoms with van der Waals surface area (Å²) in [5.41, 5.74) is 2.02. The third-order valence-corrected chi connectivity index (χ3v) is 2.44. The Morgan fingerprint density at radius 2 is 2.31 bits per heavy atom. The number of rotatable bonds is 3. The minimum absolute atomic E-state index is 0.684. The van der Waals surface area contributed by atoms with Gasteiger partial charge in [-0.15, -0.1) is 0 Å². The van der Waals surface area contributed by atoms with Gasteiger partial charge in [0.15, 0.2) is 0 Å². The van der Waals surface area contributed by atoms with Gasteiger partial charge in [-0.05, 0) is 18.6 Å². The monoisotopic (exact) mass is 259 g/mol. The molecule has 0 saturated carbocycles. The fraction of sp³-hybridized carbons (Fsp3) is 0.200. The zero-order chi connectivity index (χ0) is 9.84. The van der Waals surface area contributed by atoms with Crippen LogP contribution in [0, 0.1) is 6.92 Å². The molecule has 3 heteroatoms. The van der Waals surface area contributed by atoms with E-state index in [0.717, 1.165) is 20.8 Å². The summed E-state index contributed by atoms with van der Waals surface area (Å²) in [5, 5.41) is 3.95. The first-order valence-corrected chi connectivity index (χ1v) is 5.10. The molecule has 0 bridgehead atoms. The molecule has 0 amide bonds. The molecule has 13 heavy (non-hydrogen) atoms. The Balaban J connectivity index is 2.77. The molecule has 0 atom stereocenters. The SMILES string of the molecule is C=C(Br)CNc1cccc(C)c1Cl. The standard InChI is InChI=1S/C10H11BrClN/c1-7-4-3-5-9(10(7)12)13-6-8(2)11/h3-5,13H,2,6H2,1H3. The van der Waals surface area contributed by atoms with Crippen LogP contribution in [0.4, 0.5) is 5.69 Å². The van der Waals surface area contributed by atoms with E-state index in [2.05, 4.69) is 27.8 Å². The minimum atomic E-state index is 0.684. The van der Waals surface area contributed by atoms with Crippen molar-refractivity contribution >= 4 is 33.2 Å². The number of benzene rings is 1. The molecule has 0 saturated heterocycles. The summed E-state index contributed by atoms with van der Waals surface area (Å²) in [6.07, 6.45) is 0. The average molecular weight is 261 g/mol. The molecule has 0 spiro atoms. The van der Waals surface area contributed by atoms with Crippen molar-refractivity contribution < 1.29 is 0 Å². The van der Waals surface area contributed by atoms with Gasteiger partial charge < -0.3 is 5.32 Å². The Morgan fingerprint density at radius 1 is 1.62 bits per heavy atom. The van der Waals surface area contributed by atoms with E-state index in [-0.39, 0.29) is 0 Å². The highest BCUT2D eigenvalue weighted by molar-refractivity contribution is 9.11.